The van der Waals surface area contributed by atoms with Crippen LogP contribution in [0.3, 0.4) is 0 Å². The number of benzene rings is 2. The highest BCUT2D eigenvalue weighted by atomic mass is 79.9. The number of hydrogen-bond donors (Lipinski definition) is 1. The molecule has 0 amide bonds. The Bertz CT molecular complexity index is 645. The third-order valence-corrected chi connectivity index (χ3v) is 3.73. The molecule has 0 aliphatic heterocycles. The van der Waals surface area contributed by atoms with E-state index in [9.17, 15) is 17.6 Å². The van der Waals surface area contributed by atoms with Gasteiger partial charge in [0.15, 0.2) is 11.6 Å². The summed E-state index contributed by atoms with van der Waals surface area (Å²) in [5, 5.41) is 0. The largest absolute Gasteiger partial charge is 0.324 e. The Morgan fingerprint density at radius 2 is 1.70 bits per heavy atom. The molecular weight excluding hydrogens is 338 g/mol. The third-order valence-electron chi connectivity index (χ3n) is 2.92. The van der Waals surface area contributed by atoms with Gasteiger partial charge in [-0.1, -0.05) is 12.1 Å². The van der Waals surface area contributed by atoms with Crippen molar-refractivity contribution in [2.24, 2.45) is 5.73 Å². The van der Waals surface area contributed by atoms with Crippen LogP contribution in [0.2, 0.25) is 0 Å². The molecule has 0 fully saturated rings. The highest BCUT2D eigenvalue weighted by molar-refractivity contribution is 9.10. The van der Waals surface area contributed by atoms with Gasteiger partial charge in [0.25, 0.3) is 0 Å². The van der Waals surface area contributed by atoms with Crippen LogP contribution in [0, 0.1) is 23.3 Å². The summed E-state index contributed by atoms with van der Waals surface area (Å²) in [5.41, 5.74) is 6.39. The monoisotopic (exact) mass is 347 g/mol. The van der Waals surface area contributed by atoms with Crippen molar-refractivity contribution in [2.75, 3.05) is 0 Å². The van der Waals surface area contributed by atoms with Crippen molar-refractivity contribution in [3.8, 4) is 0 Å². The second kappa shape index (κ2) is 5.93. The molecule has 1 nitrogen and oxygen atoms in total. The lowest BCUT2D eigenvalue weighted by Gasteiger charge is -2.15. The fourth-order valence-electron chi connectivity index (χ4n) is 1.86. The van der Waals surface area contributed by atoms with E-state index in [1.807, 2.05) is 0 Å². The van der Waals surface area contributed by atoms with E-state index in [0.717, 1.165) is 18.2 Å². The second-order valence-electron chi connectivity index (χ2n) is 4.31. The van der Waals surface area contributed by atoms with E-state index in [1.165, 1.54) is 12.1 Å². The van der Waals surface area contributed by atoms with Gasteiger partial charge in [0.1, 0.15) is 11.6 Å². The molecule has 6 heteroatoms. The summed E-state index contributed by atoms with van der Waals surface area (Å²) in [5.74, 6) is -3.45. The summed E-state index contributed by atoms with van der Waals surface area (Å²) in [6.07, 6.45) is 0.0375. The van der Waals surface area contributed by atoms with Crippen LogP contribution in [0.4, 0.5) is 17.6 Å². The molecular formula is C14H10BrF4N. The molecule has 0 bridgehead atoms. The number of halogens is 5. The highest BCUT2D eigenvalue weighted by Crippen LogP contribution is 2.29. The van der Waals surface area contributed by atoms with Gasteiger partial charge in [0.05, 0.1) is 4.47 Å². The van der Waals surface area contributed by atoms with Crippen molar-refractivity contribution in [3.05, 3.63) is 69.2 Å². The molecule has 20 heavy (non-hydrogen) atoms. The predicted octanol–water partition coefficient (Wildman–Crippen LogP) is 4.25. The molecule has 106 valence electrons. The average molecular weight is 348 g/mol. The Kier molecular flexibility index (Phi) is 4.45. The van der Waals surface area contributed by atoms with Crippen molar-refractivity contribution in [3.63, 3.8) is 0 Å². The molecule has 1 atom stereocenters. The summed E-state index contributed by atoms with van der Waals surface area (Å²) in [7, 11) is 0. The van der Waals surface area contributed by atoms with Crippen LogP contribution in [0.1, 0.15) is 17.2 Å². The van der Waals surface area contributed by atoms with Gasteiger partial charge in [-0.2, -0.15) is 0 Å². The standard InChI is InChI=1S/C14H10BrF4N/c15-13-9(3-4-10(17)14(13)19)12(20)5-7-1-2-8(16)6-11(7)18/h1-4,6,12H,5,20H2. The summed E-state index contributed by atoms with van der Waals surface area (Å²) in [6.45, 7) is 0. The van der Waals surface area contributed by atoms with Gasteiger partial charge in [-0.3, -0.25) is 0 Å². The quantitative estimate of drug-likeness (QED) is 0.651. The Labute approximate surface area is 121 Å². The predicted molar refractivity (Wildman–Crippen MR) is 71.0 cm³/mol. The lowest BCUT2D eigenvalue weighted by atomic mass is 9.99. The fourth-order valence-corrected chi connectivity index (χ4v) is 2.48. The van der Waals surface area contributed by atoms with Crippen molar-refractivity contribution in [1.29, 1.82) is 0 Å². The zero-order valence-corrected chi connectivity index (χ0v) is 11.7. The molecule has 2 aromatic carbocycles. The number of nitrogens with two attached hydrogens (primary N) is 1. The van der Waals surface area contributed by atoms with E-state index in [4.69, 9.17) is 5.73 Å². The van der Waals surface area contributed by atoms with E-state index < -0.39 is 29.3 Å². The molecule has 2 aromatic rings. The number of hydrogen-bond acceptors (Lipinski definition) is 1. The smallest absolute Gasteiger partial charge is 0.173 e. The SMILES string of the molecule is NC(Cc1ccc(F)cc1F)c1ccc(F)c(F)c1Br. The minimum atomic E-state index is -1.04. The molecule has 0 aliphatic carbocycles. The first-order valence-corrected chi connectivity index (χ1v) is 6.52. The van der Waals surface area contributed by atoms with E-state index >= 15 is 0 Å². The van der Waals surface area contributed by atoms with Crippen LogP contribution in [-0.4, -0.2) is 0 Å². The molecule has 0 spiro atoms. The van der Waals surface area contributed by atoms with E-state index in [2.05, 4.69) is 15.9 Å². The topological polar surface area (TPSA) is 26.0 Å². The van der Waals surface area contributed by atoms with Gasteiger partial charge in [-0.15, -0.1) is 0 Å². The molecule has 0 aliphatic rings. The van der Waals surface area contributed by atoms with Crippen LogP contribution in [-0.2, 0) is 6.42 Å². The van der Waals surface area contributed by atoms with Crippen LogP contribution in [0.15, 0.2) is 34.8 Å². The first-order valence-electron chi connectivity index (χ1n) is 5.73. The molecule has 2 N–H and O–H groups in total. The maximum atomic E-state index is 13.5. The van der Waals surface area contributed by atoms with Crippen molar-refractivity contribution >= 4 is 15.9 Å². The Hall–Kier alpha value is -1.40. The van der Waals surface area contributed by atoms with Crippen molar-refractivity contribution in [1.82, 2.24) is 0 Å². The molecule has 0 aromatic heterocycles. The third kappa shape index (κ3) is 3.02. The number of rotatable bonds is 3. The van der Waals surface area contributed by atoms with Crippen LogP contribution >= 0.6 is 15.9 Å². The van der Waals surface area contributed by atoms with Crippen LogP contribution in [0.5, 0.6) is 0 Å². The lowest BCUT2D eigenvalue weighted by molar-refractivity contribution is 0.499. The van der Waals surface area contributed by atoms with Crippen molar-refractivity contribution < 1.29 is 17.6 Å². The van der Waals surface area contributed by atoms with E-state index in [0.29, 0.717) is 5.56 Å². The molecule has 0 saturated heterocycles. The maximum Gasteiger partial charge on any atom is 0.173 e. The van der Waals surface area contributed by atoms with Crippen LogP contribution in [0.25, 0.3) is 0 Å². The first-order chi connectivity index (χ1) is 9.40. The molecule has 0 radical (unpaired) electrons. The first kappa shape index (κ1) is 15.0. The molecule has 0 heterocycles. The summed E-state index contributed by atoms with van der Waals surface area (Å²) in [6, 6.07) is 4.68. The zero-order chi connectivity index (χ0) is 14.9. The molecule has 0 saturated carbocycles. The minimum Gasteiger partial charge on any atom is -0.324 e. The zero-order valence-electron chi connectivity index (χ0n) is 10.1. The van der Waals surface area contributed by atoms with Gasteiger partial charge in [-0.25, -0.2) is 17.6 Å². The van der Waals surface area contributed by atoms with Gasteiger partial charge in [0, 0.05) is 12.1 Å². The summed E-state index contributed by atoms with van der Waals surface area (Å²) < 4.78 is 52.7. The van der Waals surface area contributed by atoms with E-state index in [1.54, 1.807) is 0 Å². The van der Waals surface area contributed by atoms with Gasteiger partial charge < -0.3 is 5.73 Å². The van der Waals surface area contributed by atoms with Gasteiger partial charge in [0.2, 0.25) is 0 Å². The molecule has 2 rings (SSSR count). The fraction of sp³-hybridized carbons (Fsp3) is 0.143. The van der Waals surface area contributed by atoms with Crippen molar-refractivity contribution in [2.45, 2.75) is 12.5 Å². The van der Waals surface area contributed by atoms with Gasteiger partial charge in [-0.05, 0) is 45.6 Å². The summed E-state index contributed by atoms with van der Waals surface area (Å²) in [4.78, 5) is 0. The normalized spacial score (nSPS) is 12.5. The second-order valence-corrected chi connectivity index (χ2v) is 5.10. The Balaban J connectivity index is 2.28. The lowest BCUT2D eigenvalue weighted by Crippen LogP contribution is -2.15. The Morgan fingerprint density at radius 1 is 1.00 bits per heavy atom. The maximum absolute atomic E-state index is 13.5. The Morgan fingerprint density at radius 3 is 2.35 bits per heavy atom. The molecule has 1 unspecified atom stereocenters. The minimum absolute atomic E-state index is 0.0375. The average Bonchev–Trinajstić information content (AvgIpc) is 2.39. The highest BCUT2D eigenvalue weighted by Gasteiger charge is 2.18. The summed E-state index contributed by atoms with van der Waals surface area (Å²) >= 11 is 2.93. The van der Waals surface area contributed by atoms with Gasteiger partial charge >= 0.3 is 0 Å². The van der Waals surface area contributed by atoms with Crippen LogP contribution < -0.4 is 5.73 Å². The van der Waals surface area contributed by atoms with E-state index in [-0.39, 0.29) is 16.5 Å².